The van der Waals surface area contributed by atoms with Gasteiger partial charge in [-0.25, -0.2) is 4.39 Å². The standard InChI is InChI=1S/C20H27FO/c1-15-18(8-3-2-5-17-9-10-17)11-12-19(20(15)21)22-14-13-16-6-4-7-16/h2,5,11-12,16-17H,3-4,6-10,13-14H2,1H3/b5-2+. The molecule has 120 valence electrons. The van der Waals surface area contributed by atoms with E-state index in [1.54, 1.807) is 0 Å². The summed E-state index contributed by atoms with van der Waals surface area (Å²) in [5.41, 5.74) is 1.85. The topological polar surface area (TPSA) is 9.23 Å². The molecule has 1 aromatic carbocycles. The minimum Gasteiger partial charge on any atom is -0.490 e. The summed E-state index contributed by atoms with van der Waals surface area (Å²) >= 11 is 0. The molecule has 0 saturated heterocycles. The molecule has 0 N–H and O–H groups in total. The number of rotatable bonds is 8. The second-order valence-electron chi connectivity index (χ2n) is 6.90. The maximum atomic E-state index is 14.4. The van der Waals surface area contributed by atoms with Gasteiger partial charge < -0.3 is 4.74 Å². The number of hydrogen-bond donors (Lipinski definition) is 0. The zero-order valence-electron chi connectivity index (χ0n) is 13.6. The SMILES string of the molecule is Cc1c(CC/C=C/C2CC2)ccc(OCCC2CCC2)c1F. The highest BCUT2D eigenvalue weighted by molar-refractivity contribution is 5.37. The Morgan fingerprint density at radius 1 is 1.23 bits per heavy atom. The molecule has 3 rings (SSSR count). The zero-order valence-corrected chi connectivity index (χ0v) is 13.6. The van der Waals surface area contributed by atoms with Crippen LogP contribution < -0.4 is 4.74 Å². The minimum atomic E-state index is -0.169. The lowest BCUT2D eigenvalue weighted by molar-refractivity contribution is 0.216. The van der Waals surface area contributed by atoms with E-state index in [4.69, 9.17) is 4.74 Å². The van der Waals surface area contributed by atoms with E-state index in [2.05, 4.69) is 12.2 Å². The van der Waals surface area contributed by atoms with Crippen molar-refractivity contribution in [3.63, 3.8) is 0 Å². The molecule has 0 unspecified atom stereocenters. The van der Waals surface area contributed by atoms with E-state index >= 15 is 0 Å². The summed E-state index contributed by atoms with van der Waals surface area (Å²) in [4.78, 5) is 0. The van der Waals surface area contributed by atoms with Crippen molar-refractivity contribution < 1.29 is 9.13 Å². The molecule has 2 aliphatic rings. The van der Waals surface area contributed by atoms with Gasteiger partial charge in [-0.1, -0.05) is 37.5 Å². The molecular weight excluding hydrogens is 275 g/mol. The Hall–Kier alpha value is -1.31. The Morgan fingerprint density at radius 3 is 2.73 bits per heavy atom. The molecule has 0 bridgehead atoms. The van der Waals surface area contributed by atoms with Crippen LogP contribution in [0.15, 0.2) is 24.3 Å². The van der Waals surface area contributed by atoms with Gasteiger partial charge in [0.15, 0.2) is 11.6 Å². The van der Waals surface area contributed by atoms with E-state index in [-0.39, 0.29) is 5.82 Å². The van der Waals surface area contributed by atoms with Gasteiger partial charge in [-0.2, -0.15) is 0 Å². The van der Waals surface area contributed by atoms with E-state index in [0.29, 0.717) is 12.4 Å². The van der Waals surface area contributed by atoms with Crippen molar-refractivity contribution in [2.45, 2.75) is 58.3 Å². The number of halogens is 1. The first-order chi connectivity index (χ1) is 10.7. The van der Waals surface area contributed by atoms with Crippen LogP contribution in [0.2, 0.25) is 0 Å². The van der Waals surface area contributed by atoms with Gasteiger partial charge in [-0.15, -0.1) is 0 Å². The van der Waals surface area contributed by atoms with E-state index in [1.807, 2.05) is 19.1 Å². The van der Waals surface area contributed by atoms with E-state index in [9.17, 15) is 4.39 Å². The van der Waals surface area contributed by atoms with Crippen LogP contribution in [-0.4, -0.2) is 6.61 Å². The Bertz CT molecular complexity index is 527. The Labute approximate surface area is 133 Å². The first kappa shape index (κ1) is 15.6. The quantitative estimate of drug-likeness (QED) is 0.568. The monoisotopic (exact) mass is 302 g/mol. The summed E-state index contributed by atoms with van der Waals surface area (Å²) in [6, 6.07) is 3.84. The second kappa shape index (κ2) is 7.30. The van der Waals surface area contributed by atoms with Crippen molar-refractivity contribution in [2.24, 2.45) is 11.8 Å². The molecule has 0 atom stereocenters. The van der Waals surface area contributed by atoms with Crippen LogP contribution in [0.1, 0.15) is 56.1 Å². The molecule has 2 aliphatic carbocycles. The molecule has 0 heterocycles. The first-order valence-corrected chi connectivity index (χ1v) is 8.81. The summed E-state index contributed by atoms with van der Waals surface area (Å²) in [5.74, 6) is 1.89. The van der Waals surface area contributed by atoms with Crippen LogP contribution in [0, 0.1) is 24.6 Å². The fourth-order valence-corrected chi connectivity index (χ4v) is 3.02. The van der Waals surface area contributed by atoms with Crippen molar-refractivity contribution in [1.82, 2.24) is 0 Å². The summed E-state index contributed by atoms with van der Waals surface area (Å²) in [6.45, 7) is 2.51. The van der Waals surface area contributed by atoms with Crippen LogP contribution in [-0.2, 0) is 6.42 Å². The fraction of sp³-hybridized carbons (Fsp3) is 0.600. The van der Waals surface area contributed by atoms with Gasteiger partial charge >= 0.3 is 0 Å². The third-order valence-corrected chi connectivity index (χ3v) is 5.08. The summed E-state index contributed by atoms with van der Waals surface area (Å²) in [6.07, 6.45) is 14.2. The van der Waals surface area contributed by atoms with Crippen LogP contribution in [0.25, 0.3) is 0 Å². The van der Waals surface area contributed by atoms with Crippen molar-refractivity contribution >= 4 is 0 Å². The lowest BCUT2D eigenvalue weighted by Gasteiger charge is -2.25. The predicted molar refractivity (Wildman–Crippen MR) is 88.8 cm³/mol. The van der Waals surface area contributed by atoms with Crippen LogP contribution in [0.3, 0.4) is 0 Å². The van der Waals surface area contributed by atoms with Crippen molar-refractivity contribution in [3.8, 4) is 5.75 Å². The maximum absolute atomic E-state index is 14.4. The third kappa shape index (κ3) is 4.12. The Kier molecular flexibility index (Phi) is 5.17. The predicted octanol–water partition coefficient (Wildman–Crippen LogP) is 5.60. The number of benzene rings is 1. The molecule has 0 aliphatic heterocycles. The lowest BCUT2D eigenvalue weighted by Crippen LogP contribution is -2.14. The van der Waals surface area contributed by atoms with Crippen molar-refractivity contribution in [2.75, 3.05) is 6.61 Å². The smallest absolute Gasteiger partial charge is 0.168 e. The maximum Gasteiger partial charge on any atom is 0.168 e. The molecular formula is C20H27FO. The molecule has 2 fully saturated rings. The van der Waals surface area contributed by atoms with Crippen LogP contribution in [0.4, 0.5) is 4.39 Å². The molecule has 2 heteroatoms. The van der Waals surface area contributed by atoms with Crippen molar-refractivity contribution in [3.05, 3.63) is 41.2 Å². The van der Waals surface area contributed by atoms with Gasteiger partial charge in [0, 0.05) is 0 Å². The van der Waals surface area contributed by atoms with Crippen LogP contribution >= 0.6 is 0 Å². The zero-order chi connectivity index (χ0) is 15.4. The van der Waals surface area contributed by atoms with Gasteiger partial charge in [-0.3, -0.25) is 0 Å². The number of hydrogen-bond acceptors (Lipinski definition) is 1. The molecule has 1 nitrogen and oxygen atoms in total. The third-order valence-electron chi connectivity index (χ3n) is 5.08. The fourth-order valence-electron chi connectivity index (χ4n) is 3.02. The second-order valence-corrected chi connectivity index (χ2v) is 6.90. The van der Waals surface area contributed by atoms with E-state index in [0.717, 1.165) is 42.2 Å². The van der Waals surface area contributed by atoms with E-state index in [1.165, 1.54) is 32.1 Å². The molecule has 0 spiro atoms. The molecule has 1 aromatic rings. The molecule has 22 heavy (non-hydrogen) atoms. The van der Waals surface area contributed by atoms with Gasteiger partial charge in [0.1, 0.15) is 0 Å². The van der Waals surface area contributed by atoms with E-state index < -0.39 is 0 Å². The number of ether oxygens (including phenoxy) is 1. The van der Waals surface area contributed by atoms with Gasteiger partial charge in [0.05, 0.1) is 6.61 Å². The number of aryl methyl sites for hydroxylation is 1. The summed E-state index contributed by atoms with van der Waals surface area (Å²) in [7, 11) is 0. The Morgan fingerprint density at radius 2 is 2.05 bits per heavy atom. The molecule has 0 radical (unpaired) electrons. The first-order valence-electron chi connectivity index (χ1n) is 8.81. The van der Waals surface area contributed by atoms with Gasteiger partial charge in [0.25, 0.3) is 0 Å². The van der Waals surface area contributed by atoms with Crippen molar-refractivity contribution in [1.29, 1.82) is 0 Å². The average Bonchev–Trinajstić information content (AvgIpc) is 3.28. The largest absolute Gasteiger partial charge is 0.490 e. The van der Waals surface area contributed by atoms with Gasteiger partial charge in [0.2, 0.25) is 0 Å². The lowest BCUT2D eigenvalue weighted by atomic mass is 9.83. The number of allylic oxidation sites excluding steroid dienone is 2. The average molecular weight is 302 g/mol. The Balaban J connectivity index is 1.50. The minimum absolute atomic E-state index is 0.169. The normalized spacial score (nSPS) is 18.6. The molecule has 2 saturated carbocycles. The highest BCUT2D eigenvalue weighted by Gasteiger charge is 2.18. The van der Waals surface area contributed by atoms with Gasteiger partial charge in [-0.05, 0) is 68.1 Å². The summed E-state index contributed by atoms with van der Waals surface area (Å²) < 4.78 is 20.0. The highest BCUT2D eigenvalue weighted by Crippen LogP contribution is 2.31. The summed E-state index contributed by atoms with van der Waals surface area (Å²) in [5, 5.41) is 0. The molecule has 0 amide bonds. The highest BCUT2D eigenvalue weighted by atomic mass is 19.1. The van der Waals surface area contributed by atoms with Crippen LogP contribution in [0.5, 0.6) is 5.75 Å². The molecule has 0 aromatic heterocycles.